The quantitative estimate of drug-likeness (QED) is 0.823. The molecule has 1 fully saturated rings. The average Bonchev–Trinajstić information content (AvgIpc) is 2.65. The van der Waals surface area contributed by atoms with Crippen molar-refractivity contribution in [2.75, 3.05) is 18.4 Å². The summed E-state index contributed by atoms with van der Waals surface area (Å²) in [5.74, 6) is -0.570. The standard InChI is InChI=1S/C19H20ClFN2O3S/c1-13-8-10-23(11-9-13)27(25,26)16-5-2-14(3-6-16)19(24)22-15-4-7-17(20)18(21)12-15/h2-7,12-13H,8-11H2,1H3,(H,22,24). The lowest BCUT2D eigenvalue weighted by molar-refractivity contribution is 0.102. The van der Waals surface area contributed by atoms with Gasteiger partial charge in [0.25, 0.3) is 5.91 Å². The van der Waals surface area contributed by atoms with Gasteiger partial charge in [-0.15, -0.1) is 0 Å². The Balaban J connectivity index is 1.72. The fraction of sp³-hybridized carbons (Fsp3) is 0.316. The van der Waals surface area contributed by atoms with Crippen LogP contribution in [0.3, 0.4) is 0 Å². The Morgan fingerprint density at radius 3 is 2.37 bits per heavy atom. The zero-order chi connectivity index (χ0) is 19.6. The molecule has 0 aromatic heterocycles. The molecule has 0 aliphatic carbocycles. The van der Waals surface area contributed by atoms with Crippen molar-refractivity contribution in [3.63, 3.8) is 0 Å². The van der Waals surface area contributed by atoms with Crippen molar-refractivity contribution in [3.05, 3.63) is 58.9 Å². The van der Waals surface area contributed by atoms with E-state index in [9.17, 15) is 17.6 Å². The first kappa shape index (κ1) is 19.8. The maximum Gasteiger partial charge on any atom is 0.255 e. The minimum Gasteiger partial charge on any atom is -0.322 e. The lowest BCUT2D eigenvalue weighted by Crippen LogP contribution is -2.37. The van der Waals surface area contributed by atoms with Gasteiger partial charge in [-0.05, 0) is 61.2 Å². The highest BCUT2D eigenvalue weighted by Gasteiger charge is 2.28. The van der Waals surface area contributed by atoms with Crippen LogP contribution in [-0.4, -0.2) is 31.7 Å². The number of amides is 1. The van der Waals surface area contributed by atoms with Gasteiger partial charge < -0.3 is 5.32 Å². The molecular formula is C19H20ClFN2O3S. The molecule has 0 saturated carbocycles. The second-order valence-corrected chi connectivity index (χ2v) is 9.04. The van der Waals surface area contributed by atoms with E-state index in [-0.39, 0.29) is 21.2 Å². The van der Waals surface area contributed by atoms with Crippen molar-refractivity contribution in [3.8, 4) is 0 Å². The molecule has 5 nitrogen and oxygen atoms in total. The van der Waals surface area contributed by atoms with E-state index in [0.29, 0.717) is 19.0 Å². The molecule has 3 rings (SSSR count). The minimum absolute atomic E-state index is 0.0327. The van der Waals surface area contributed by atoms with Crippen LogP contribution in [0.4, 0.5) is 10.1 Å². The van der Waals surface area contributed by atoms with E-state index in [1.165, 1.54) is 40.7 Å². The number of halogens is 2. The first-order chi connectivity index (χ1) is 12.8. The molecule has 2 aromatic carbocycles. The van der Waals surface area contributed by atoms with Crippen molar-refractivity contribution in [2.24, 2.45) is 5.92 Å². The van der Waals surface area contributed by atoms with Gasteiger partial charge in [0, 0.05) is 24.3 Å². The summed E-state index contributed by atoms with van der Waals surface area (Å²) in [5, 5.41) is 2.52. The van der Waals surface area contributed by atoms with Gasteiger partial charge in [0.2, 0.25) is 10.0 Å². The molecule has 0 bridgehead atoms. The highest BCUT2D eigenvalue weighted by atomic mass is 35.5. The molecule has 0 atom stereocenters. The second kappa shape index (κ2) is 7.96. The number of nitrogens with zero attached hydrogens (tertiary/aromatic N) is 1. The zero-order valence-corrected chi connectivity index (χ0v) is 16.4. The molecular weight excluding hydrogens is 391 g/mol. The van der Waals surface area contributed by atoms with Gasteiger partial charge in [0.15, 0.2) is 0 Å². The Labute approximate surface area is 163 Å². The summed E-state index contributed by atoms with van der Waals surface area (Å²) in [4.78, 5) is 12.4. The highest BCUT2D eigenvalue weighted by Crippen LogP contribution is 2.24. The zero-order valence-electron chi connectivity index (χ0n) is 14.8. The molecule has 8 heteroatoms. The maximum atomic E-state index is 13.5. The van der Waals surface area contributed by atoms with E-state index < -0.39 is 21.7 Å². The Hall–Kier alpha value is -1.96. The van der Waals surface area contributed by atoms with Crippen LogP contribution in [0, 0.1) is 11.7 Å². The van der Waals surface area contributed by atoms with Crippen LogP contribution in [0.25, 0.3) is 0 Å². The van der Waals surface area contributed by atoms with Gasteiger partial charge in [-0.25, -0.2) is 12.8 Å². The van der Waals surface area contributed by atoms with E-state index >= 15 is 0 Å². The van der Waals surface area contributed by atoms with Crippen LogP contribution in [0.1, 0.15) is 30.1 Å². The third-order valence-electron chi connectivity index (χ3n) is 4.67. The normalized spacial score (nSPS) is 16.3. The largest absolute Gasteiger partial charge is 0.322 e. The third-order valence-corrected chi connectivity index (χ3v) is 6.89. The van der Waals surface area contributed by atoms with Gasteiger partial charge in [0.1, 0.15) is 5.82 Å². The van der Waals surface area contributed by atoms with E-state index in [2.05, 4.69) is 12.2 Å². The summed E-state index contributed by atoms with van der Waals surface area (Å²) in [6, 6.07) is 9.69. The van der Waals surface area contributed by atoms with Crippen molar-refractivity contribution in [2.45, 2.75) is 24.7 Å². The number of carbonyl (C=O) groups excluding carboxylic acids is 1. The van der Waals surface area contributed by atoms with E-state index in [0.717, 1.165) is 18.9 Å². The topological polar surface area (TPSA) is 66.5 Å². The number of benzene rings is 2. The van der Waals surface area contributed by atoms with Gasteiger partial charge in [-0.2, -0.15) is 4.31 Å². The number of sulfonamides is 1. The van der Waals surface area contributed by atoms with Crippen molar-refractivity contribution < 1.29 is 17.6 Å². The molecule has 1 aliphatic rings. The number of hydrogen-bond donors (Lipinski definition) is 1. The Morgan fingerprint density at radius 2 is 1.78 bits per heavy atom. The molecule has 1 aliphatic heterocycles. The van der Waals surface area contributed by atoms with Crippen LogP contribution < -0.4 is 5.32 Å². The lowest BCUT2D eigenvalue weighted by Gasteiger charge is -2.29. The molecule has 0 spiro atoms. The maximum absolute atomic E-state index is 13.5. The number of hydrogen-bond acceptors (Lipinski definition) is 3. The molecule has 0 radical (unpaired) electrons. The molecule has 27 heavy (non-hydrogen) atoms. The molecule has 144 valence electrons. The highest BCUT2D eigenvalue weighted by molar-refractivity contribution is 7.89. The molecule has 1 amide bonds. The summed E-state index contributed by atoms with van der Waals surface area (Å²) >= 11 is 5.62. The van der Waals surface area contributed by atoms with E-state index in [1.807, 2.05) is 0 Å². The number of anilines is 1. The molecule has 1 N–H and O–H groups in total. The molecule has 1 heterocycles. The molecule has 1 saturated heterocycles. The summed E-state index contributed by atoms with van der Waals surface area (Å²) in [6.45, 7) is 3.13. The monoisotopic (exact) mass is 410 g/mol. The van der Waals surface area contributed by atoms with Gasteiger partial charge in [0.05, 0.1) is 9.92 Å². The van der Waals surface area contributed by atoms with Gasteiger partial charge in [-0.3, -0.25) is 4.79 Å². The number of piperidine rings is 1. The Kier molecular flexibility index (Phi) is 5.83. The summed E-state index contributed by atoms with van der Waals surface area (Å²) in [6.07, 6.45) is 1.69. The van der Waals surface area contributed by atoms with Crippen molar-refractivity contribution >= 4 is 33.2 Å². The van der Waals surface area contributed by atoms with Crippen LogP contribution >= 0.6 is 11.6 Å². The van der Waals surface area contributed by atoms with Gasteiger partial charge in [-0.1, -0.05) is 18.5 Å². The number of rotatable bonds is 4. The van der Waals surface area contributed by atoms with Crippen molar-refractivity contribution in [1.82, 2.24) is 4.31 Å². The fourth-order valence-electron chi connectivity index (χ4n) is 2.93. The predicted octanol–water partition coefficient (Wildman–Crippen LogP) is 4.15. The van der Waals surface area contributed by atoms with E-state index in [1.54, 1.807) is 0 Å². The average molecular weight is 411 g/mol. The third kappa shape index (κ3) is 4.48. The lowest BCUT2D eigenvalue weighted by atomic mass is 10.0. The summed E-state index contributed by atoms with van der Waals surface area (Å²) < 4.78 is 40.4. The molecule has 0 unspecified atom stereocenters. The Bertz CT molecular complexity index is 940. The predicted molar refractivity (Wildman–Crippen MR) is 103 cm³/mol. The van der Waals surface area contributed by atoms with Crippen LogP contribution in [0.5, 0.6) is 0 Å². The summed E-state index contributed by atoms with van der Waals surface area (Å²) in [7, 11) is -3.56. The number of nitrogens with one attached hydrogen (secondary N) is 1. The molecule has 2 aromatic rings. The van der Waals surface area contributed by atoms with Crippen molar-refractivity contribution in [1.29, 1.82) is 0 Å². The van der Waals surface area contributed by atoms with Crippen LogP contribution in [0.2, 0.25) is 5.02 Å². The first-order valence-corrected chi connectivity index (χ1v) is 10.5. The Morgan fingerprint density at radius 1 is 1.15 bits per heavy atom. The number of carbonyl (C=O) groups is 1. The van der Waals surface area contributed by atoms with Gasteiger partial charge >= 0.3 is 0 Å². The van der Waals surface area contributed by atoms with Crippen LogP contribution in [-0.2, 0) is 10.0 Å². The first-order valence-electron chi connectivity index (χ1n) is 8.64. The minimum atomic E-state index is -3.56. The second-order valence-electron chi connectivity index (χ2n) is 6.69. The smallest absolute Gasteiger partial charge is 0.255 e. The van der Waals surface area contributed by atoms with E-state index in [4.69, 9.17) is 11.6 Å². The summed E-state index contributed by atoms with van der Waals surface area (Å²) in [5.41, 5.74) is 0.539. The van der Waals surface area contributed by atoms with Crippen LogP contribution in [0.15, 0.2) is 47.4 Å². The SMILES string of the molecule is CC1CCN(S(=O)(=O)c2ccc(C(=O)Nc3ccc(Cl)c(F)c3)cc2)CC1. The fourth-order valence-corrected chi connectivity index (χ4v) is 4.52.